The fourth-order valence-corrected chi connectivity index (χ4v) is 1.76. The van der Waals surface area contributed by atoms with Crippen LogP contribution in [-0.2, 0) is 4.79 Å². The highest BCUT2D eigenvalue weighted by molar-refractivity contribution is 5.96. The Morgan fingerprint density at radius 2 is 2.05 bits per heavy atom. The lowest BCUT2D eigenvalue weighted by atomic mass is 10.1. The minimum absolute atomic E-state index is 0.0510. The van der Waals surface area contributed by atoms with Crippen LogP contribution in [-0.4, -0.2) is 46.5 Å². The van der Waals surface area contributed by atoms with Crippen LogP contribution in [0.2, 0.25) is 0 Å². The summed E-state index contributed by atoms with van der Waals surface area (Å²) in [6.45, 7) is 2.92. The smallest absolute Gasteiger partial charge is 0.323 e. The van der Waals surface area contributed by atoms with E-state index in [4.69, 9.17) is 9.84 Å². The summed E-state index contributed by atoms with van der Waals surface area (Å²) in [5.41, 5.74) is -0.129. The molecule has 0 unspecified atom stereocenters. The molecule has 0 spiro atoms. The zero-order valence-corrected chi connectivity index (χ0v) is 11.9. The molecule has 0 aromatic heterocycles. The summed E-state index contributed by atoms with van der Waals surface area (Å²) in [6, 6.07) is 3.35. The first-order chi connectivity index (χ1) is 9.77. The number of nitro benzene ring substituents is 1. The molecule has 0 aliphatic carbocycles. The van der Waals surface area contributed by atoms with Crippen LogP contribution in [0.25, 0.3) is 0 Å². The van der Waals surface area contributed by atoms with Gasteiger partial charge in [0.25, 0.3) is 5.91 Å². The molecule has 1 aromatic carbocycles. The lowest BCUT2D eigenvalue weighted by Crippen LogP contribution is -2.40. The van der Waals surface area contributed by atoms with Crippen molar-refractivity contribution in [3.8, 4) is 5.75 Å². The normalized spacial score (nSPS) is 10.3. The van der Waals surface area contributed by atoms with E-state index in [0.29, 0.717) is 0 Å². The third kappa shape index (κ3) is 3.91. The topological polar surface area (TPSA) is 110 Å². The first-order valence-corrected chi connectivity index (χ1v) is 6.13. The molecule has 0 radical (unpaired) electrons. The van der Waals surface area contributed by atoms with Gasteiger partial charge in [-0.2, -0.15) is 0 Å². The molecule has 0 saturated carbocycles. The van der Waals surface area contributed by atoms with E-state index in [-0.39, 0.29) is 23.0 Å². The van der Waals surface area contributed by atoms with Crippen molar-refractivity contribution < 1.29 is 24.4 Å². The lowest BCUT2D eigenvalue weighted by Gasteiger charge is -2.25. The molecule has 0 bridgehead atoms. The lowest BCUT2D eigenvalue weighted by molar-refractivity contribution is -0.385. The van der Waals surface area contributed by atoms with E-state index in [1.807, 2.05) is 0 Å². The van der Waals surface area contributed by atoms with Gasteiger partial charge in [-0.15, -0.1) is 0 Å². The van der Waals surface area contributed by atoms with Crippen LogP contribution in [0, 0.1) is 10.1 Å². The number of rotatable bonds is 6. The van der Waals surface area contributed by atoms with Crippen molar-refractivity contribution in [1.82, 2.24) is 4.90 Å². The molecule has 0 heterocycles. The van der Waals surface area contributed by atoms with Gasteiger partial charge in [0, 0.05) is 23.7 Å². The van der Waals surface area contributed by atoms with Gasteiger partial charge in [0.05, 0.1) is 12.0 Å². The molecule has 114 valence electrons. The number of carbonyl (C=O) groups excluding carboxylic acids is 1. The van der Waals surface area contributed by atoms with Crippen LogP contribution in [0.1, 0.15) is 24.2 Å². The maximum Gasteiger partial charge on any atom is 0.323 e. The van der Waals surface area contributed by atoms with E-state index in [1.165, 1.54) is 19.2 Å². The van der Waals surface area contributed by atoms with Gasteiger partial charge in [-0.1, -0.05) is 0 Å². The predicted octanol–water partition coefficient (Wildman–Crippen LogP) is 1.54. The number of carboxylic acids is 1. The molecule has 1 amide bonds. The number of amides is 1. The highest BCUT2D eigenvalue weighted by Crippen LogP contribution is 2.28. The van der Waals surface area contributed by atoms with E-state index in [0.717, 1.165) is 11.0 Å². The summed E-state index contributed by atoms with van der Waals surface area (Å²) in [7, 11) is 1.26. The molecule has 0 saturated heterocycles. The van der Waals surface area contributed by atoms with Gasteiger partial charge >= 0.3 is 11.7 Å². The van der Waals surface area contributed by atoms with Crippen molar-refractivity contribution in [2.75, 3.05) is 13.7 Å². The molecule has 1 N–H and O–H groups in total. The predicted molar refractivity (Wildman–Crippen MR) is 73.5 cm³/mol. The molecule has 1 rings (SSSR count). The van der Waals surface area contributed by atoms with Crippen molar-refractivity contribution in [1.29, 1.82) is 0 Å². The number of nitro groups is 1. The highest BCUT2D eigenvalue weighted by Gasteiger charge is 2.24. The Labute approximate surface area is 121 Å². The fourth-order valence-electron chi connectivity index (χ4n) is 1.76. The SMILES string of the molecule is COc1cc(C(=O)N(CC(=O)O)C(C)C)ccc1[N+](=O)[O-]. The van der Waals surface area contributed by atoms with Crippen LogP contribution in [0.3, 0.4) is 0 Å². The number of carboxylic acid groups (broad SMARTS) is 1. The van der Waals surface area contributed by atoms with Gasteiger partial charge in [0.15, 0.2) is 5.75 Å². The third-order valence-corrected chi connectivity index (χ3v) is 2.81. The quantitative estimate of drug-likeness (QED) is 0.629. The molecule has 8 nitrogen and oxygen atoms in total. The van der Waals surface area contributed by atoms with Gasteiger partial charge in [0.1, 0.15) is 6.54 Å². The summed E-state index contributed by atoms with van der Waals surface area (Å²) >= 11 is 0. The molecule has 0 atom stereocenters. The van der Waals surface area contributed by atoms with E-state index in [9.17, 15) is 19.7 Å². The number of hydrogen-bond donors (Lipinski definition) is 1. The summed E-state index contributed by atoms with van der Waals surface area (Å²) in [5.74, 6) is -1.71. The molecule has 8 heteroatoms. The number of carbonyl (C=O) groups is 2. The average molecular weight is 296 g/mol. The second kappa shape index (κ2) is 6.69. The maximum absolute atomic E-state index is 12.3. The molecule has 0 fully saturated rings. The van der Waals surface area contributed by atoms with Crippen molar-refractivity contribution in [2.45, 2.75) is 19.9 Å². The van der Waals surface area contributed by atoms with Crippen LogP contribution in [0.4, 0.5) is 5.69 Å². The van der Waals surface area contributed by atoms with E-state index in [2.05, 4.69) is 0 Å². The number of aliphatic carboxylic acids is 1. The number of hydrogen-bond acceptors (Lipinski definition) is 5. The van der Waals surface area contributed by atoms with Gasteiger partial charge < -0.3 is 14.7 Å². The minimum Gasteiger partial charge on any atom is -0.490 e. The van der Waals surface area contributed by atoms with Gasteiger partial charge in [-0.05, 0) is 19.9 Å². The third-order valence-electron chi connectivity index (χ3n) is 2.81. The molecular weight excluding hydrogens is 280 g/mol. The fraction of sp³-hybridized carbons (Fsp3) is 0.385. The minimum atomic E-state index is -1.13. The monoisotopic (exact) mass is 296 g/mol. The number of methoxy groups -OCH3 is 1. The first kappa shape index (κ1) is 16.4. The zero-order chi connectivity index (χ0) is 16.2. The van der Waals surface area contributed by atoms with Gasteiger partial charge in [-0.25, -0.2) is 0 Å². The van der Waals surface area contributed by atoms with Crippen LogP contribution >= 0.6 is 0 Å². The largest absolute Gasteiger partial charge is 0.490 e. The van der Waals surface area contributed by atoms with E-state index < -0.39 is 23.3 Å². The molecule has 0 aliphatic rings. The molecule has 0 aliphatic heterocycles. The van der Waals surface area contributed by atoms with Crippen LogP contribution in [0.15, 0.2) is 18.2 Å². The Morgan fingerprint density at radius 1 is 1.43 bits per heavy atom. The first-order valence-electron chi connectivity index (χ1n) is 6.13. The highest BCUT2D eigenvalue weighted by atomic mass is 16.6. The van der Waals surface area contributed by atoms with Crippen molar-refractivity contribution in [3.05, 3.63) is 33.9 Å². The van der Waals surface area contributed by atoms with Gasteiger partial charge in [-0.3, -0.25) is 19.7 Å². The van der Waals surface area contributed by atoms with Crippen LogP contribution in [0.5, 0.6) is 5.75 Å². The Balaban J connectivity index is 3.16. The Kier molecular flexibility index (Phi) is 5.23. The standard InChI is InChI=1S/C13H16N2O6/c1-8(2)14(7-12(16)17)13(18)9-4-5-10(15(19)20)11(6-9)21-3/h4-6,8H,7H2,1-3H3,(H,16,17). The summed E-state index contributed by atoms with van der Waals surface area (Å²) in [6.07, 6.45) is 0. The van der Waals surface area contributed by atoms with Crippen LogP contribution < -0.4 is 4.74 Å². The number of ether oxygens (including phenoxy) is 1. The van der Waals surface area contributed by atoms with Gasteiger partial charge in [0.2, 0.25) is 0 Å². The second-order valence-electron chi connectivity index (χ2n) is 4.56. The summed E-state index contributed by atoms with van der Waals surface area (Å²) in [5, 5.41) is 19.6. The Morgan fingerprint density at radius 3 is 2.48 bits per heavy atom. The van der Waals surface area contributed by atoms with Crippen molar-refractivity contribution in [2.24, 2.45) is 0 Å². The Bertz CT molecular complexity index is 570. The summed E-state index contributed by atoms with van der Waals surface area (Å²) < 4.78 is 4.89. The van der Waals surface area contributed by atoms with E-state index >= 15 is 0 Å². The van der Waals surface area contributed by atoms with Crippen molar-refractivity contribution in [3.63, 3.8) is 0 Å². The Hall–Kier alpha value is -2.64. The number of nitrogens with zero attached hydrogens (tertiary/aromatic N) is 2. The maximum atomic E-state index is 12.3. The average Bonchev–Trinajstić information content (AvgIpc) is 2.42. The number of benzene rings is 1. The summed E-state index contributed by atoms with van der Waals surface area (Å²) in [4.78, 5) is 34.5. The van der Waals surface area contributed by atoms with Crippen molar-refractivity contribution >= 4 is 17.6 Å². The second-order valence-corrected chi connectivity index (χ2v) is 4.56. The molecule has 1 aromatic rings. The molecular formula is C13H16N2O6. The zero-order valence-electron chi connectivity index (χ0n) is 11.9. The van der Waals surface area contributed by atoms with E-state index in [1.54, 1.807) is 13.8 Å². The molecule has 21 heavy (non-hydrogen) atoms.